The van der Waals surface area contributed by atoms with Crippen molar-refractivity contribution in [3.8, 4) is 0 Å². The zero-order chi connectivity index (χ0) is 17.1. The van der Waals surface area contributed by atoms with Crippen molar-refractivity contribution in [1.82, 2.24) is 0 Å². The lowest BCUT2D eigenvalue weighted by molar-refractivity contribution is 0.314. The lowest BCUT2D eigenvalue weighted by atomic mass is 10.0. The lowest BCUT2D eigenvalue weighted by Gasteiger charge is -2.45. The van der Waals surface area contributed by atoms with Gasteiger partial charge in [-0.1, -0.05) is 37.3 Å². The molecule has 6 heteroatoms. The third-order valence-electron chi connectivity index (χ3n) is 4.11. The molecule has 23 heavy (non-hydrogen) atoms. The number of anilines is 1. The van der Waals surface area contributed by atoms with E-state index in [1.165, 1.54) is 12.1 Å². The van der Waals surface area contributed by atoms with Crippen molar-refractivity contribution in [3.63, 3.8) is 0 Å². The number of rotatable bonds is 6. The predicted octanol–water partition coefficient (Wildman–Crippen LogP) is 4.09. The van der Waals surface area contributed by atoms with Gasteiger partial charge in [0.25, 0.3) is 0 Å². The van der Waals surface area contributed by atoms with Crippen molar-refractivity contribution < 1.29 is 18.7 Å². The van der Waals surface area contributed by atoms with Crippen LogP contribution in [0.2, 0.25) is 0 Å². The Morgan fingerprint density at radius 2 is 1.61 bits per heavy atom. The van der Waals surface area contributed by atoms with E-state index >= 15 is 0 Å². The summed E-state index contributed by atoms with van der Waals surface area (Å²) >= 11 is 0. The largest absolute Gasteiger partial charge is 0.355 e. The van der Waals surface area contributed by atoms with Gasteiger partial charge < -0.3 is 14.7 Å². The van der Waals surface area contributed by atoms with E-state index in [0.717, 1.165) is 0 Å². The standard InChI is InChI=1S/C17H21FNO3P/c1-3-17(23(20,21)22,14-8-6-5-7-9-14)19(4-2)16-12-10-15(18)11-13-16/h5-13H,3-4H2,1-2H3,(H2,20,21,22). The van der Waals surface area contributed by atoms with Crippen LogP contribution >= 0.6 is 7.60 Å². The summed E-state index contributed by atoms with van der Waals surface area (Å²) in [5.74, 6) is -0.386. The van der Waals surface area contributed by atoms with E-state index in [0.29, 0.717) is 17.8 Å². The maximum absolute atomic E-state index is 13.2. The second kappa shape index (κ2) is 6.83. The van der Waals surface area contributed by atoms with Crippen molar-refractivity contribution in [1.29, 1.82) is 0 Å². The van der Waals surface area contributed by atoms with E-state index < -0.39 is 12.9 Å². The first-order chi connectivity index (χ1) is 10.9. The summed E-state index contributed by atoms with van der Waals surface area (Å²) in [4.78, 5) is 22.0. The highest BCUT2D eigenvalue weighted by molar-refractivity contribution is 7.53. The highest BCUT2D eigenvalue weighted by Gasteiger charge is 2.51. The molecule has 0 aliphatic heterocycles. The number of hydrogen-bond acceptors (Lipinski definition) is 2. The summed E-state index contributed by atoms with van der Waals surface area (Å²) in [7, 11) is -4.55. The number of nitrogens with zero attached hydrogens (tertiary/aromatic N) is 1. The molecule has 1 unspecified atom stereocenters. The zero-order valence-electron chi connectivity index (χ0n) is 13.2. The van der Waals surface area contributed by atoms with Crippen LogP contribution in [-0.2, 0) is 9.85 Å². The summed E-state index contributed by atoms with van der Waals surface area (Å²) in [5, 5.41) is -1.49. The molecule has 0 aliphatic carbocycles. The highest BCUT2D eigenvalue weighted by Crippen LogP contribution is 2.61. The fourth-order valence-corrected chi connectivity index (χ4v) is 4.53. The maximum Gasteiger partial charge on any atom is 0.355 e. The second-order valence-corrected chi connectivity index (χ2v) is 7.13. The van der Waals surface area contributed by atoms with Gasteiger partial charge >= 0.3 is 7.60 Å². The van der Waals surface area contributed by atoms with Gasteiger partial charge in [0.15, 0.2) is 5.28 Å². The van der Waals surface area contributed by atoms with Crippen LogP contribution in [0.1, 0.15) is 25.8 Å². The molecule has 2 aromatic rings. The van der Waals surface area contributed by atoms with E-state index in [4.69, 9.17) is 0 Å². The van der Waals surface area contributed by atoms with Crippen LogP contribution in [0.4, 0.5) is 10.1 Å². The van der Waals surface area contributed by atoms with Gasteiger partial charge in [0.05, 0.1) is 0 Å². The van der Waals surface area contributed by atoms with E-state index in [1.807, 2.05) is 6.92 Å². The Hall–Kier alpha value is -1.68. The summed E-state index contributed by atoms with van der Waals surface area (Å²) in [6.45, 7) is 3.95. The molecule has 2 N–H and O–H groups in total. The average Bonchev–Trinajstić information content (AvgIpc) is 2.53. The van der Waals surface area contributed by atoms with Gasteiger partial charge in [-0.2, -0.15) is 0 Å². The third-order valence-corrected chi connectivity index (χ3v) is 5.89. The van der Waals surface area contributed by atoms with Crippen molar-refractivity contribution in [2.24, 2.45) is 0 Å². The quantitative estimate of drug-likeness (QED) is 0.780. The first-order valence-electron chi connectivity index (χ1n) is 7.51. The van der Waals surface area contributed by atoms with Gasteiger partial charge in [-0.25, -0.2) is 4.39 Å². The molecule has 0 radical (unpaired) electrons. The molecule has 4 nitrogen and oxygen atoms in total. The van der Waals surface area contributed by atoms with Crippen LogP contribution in [-0.4, -0.2) is 16.3 Å². The van der Waals surface area contributed by atoms with Crippen LogP contribution in [0, 0.1) is 5.82 Å². The van der Waals surface area contributed by atoms with Gasteiger partial charge in [-0.05, 0) is 43.2 Å². The minimum Gasteiger partial charge on any atom is -0.352 e. The fraction of sp³-hybridized carbons (Fsp3) is 0.294. The first kappa shape index (κ1) is 17.7. The van der Waals surface area contributed by atoms with Crippen LogP contribution in [0.25, 0.3) is 0 Å². The summed E-state index contributed by atoms with van der Waals surface area (Å²) < 4.78 is 25.7. The van der Waals surface area contributed by atoms with Crippen LogP contribution < -0.4 is 4.90 Å². The molecule has 124 valence electrons. The Labute approximate surface area is 135 Å². The van der Waals surface area contributed by atoms with Gasteiger partial charge in [0.2, 0.25) is 0 Å². The molecule has 0 saturated carbocycles. The molecule has 0 aromatic heterocycles. The average molecular weight is 337 g/mol. The molecule has 0 heterocycles. The molecular weight excluding hydrogens is 316 g/mol. The van der Waals surface area contributed by atoms with Gasteiger partial charge in [-0.3, -0.25) is 4.57 Å². The smallest absolute Gasteiger partial charge is 0.352 e. The topological polar surface area (TPSA) is 60.8 Å². The molecule has 2 aromatic carbocycles. The zero-order valence-corrected chi connectivity index (χ0v) is 14.1. The highest BCUT2D eigenvalue weighted by atomic mass is 31.2. The van der Waals surface area contributed by atoms with Crippen LogP contribution in [0.5, 0.6) is 0 Å². The Morgan fingerprint density at radius 1 is 1.04 bits per heavy atom. The number of hydrogen-bond donors (Lipinski definition) is 2. The molecule has 0 spiro atoms. The molecule has 0 amide bonds. The number of halogens is 1. The molecule has 0 aliphatic rings. The van der Waals surface area contributed by atoms with Gasteiger partial charge in [0, 0.05) is 12.2 Å². The monoisotopic (exact) mass is 337 g/mol. The normalized spacial score (nSPS) is 14.3. The van der Waals surface area contributed by atoms with Crippen molar-refractivity contribution in [3.05, 3.63) is 66.0 Å². The maximum atomic E-state index is 13.2. The molecule has 0 fully saturated rings. The number of benzene rings is 2. The molecule has 1 atom stereocenters. The SMILES string of the molecule is CCN(c1ccc(F)cc1)C(CC)(c1ccccc1)P(=O)(O)O. The van der Waals surface area contributed by atoms with Crippen molar-refractivity contribution in [2.45, 2.75) is 25.5 Å². The Balaban J connectivity index is 2.69. The molecule has 0 saturated heterocycles. The Morgan fingerprint density at radius 3 is 2.04 bits per heavy atom. The summed E-state index contributed by atoms with van der Waals surface area (Å²) in [5.41, 5.74) is 1.12. The summed E-state index contributed by atoms with van der Waals surface area (Å²) in [6.07, 6.45) is 0.215. The lowest BCUT2D eigenvalue weighted by Crippen LogP contribution is -2.46. The van der Waals surface area contributed by atoms with E-state index in [1.54, 1.807) is 54.3 Å². The van der Waals surface area contributed by atoms with E-state index in [-0.39, 0.29) is 12.2 Å². The fourth-order valence-electron chi connectivity index (χ4n) is 3.07. The van der Waals surface area contributed by atoms with E-state index in [2.05, 4.69) is 0 Å². The predicted molar refractivity (Wildman–Crippen MR) is 89.9 cm³/mol. The van der Waals surface area contributed by atoms with Gasteiger partial charge in [0.1, 0.15) is 5.82 Å². The van der Waals surface area contributed by atoms with E-state index in [9.17, 15) is 18.7 Å². The molecule has 0 bridgehead atoms. The van der Waals surface area contributed by atoms with Crippen LogP contribution in [0.15, 0.2) is 54.6 Å². The Kier molecular flexibility index (Phi) is 5.25. The van der Waals surface area contributed by atoms with Crippen LogP contribution in [0.3, 0.4) is 0 Å². The first-order valence-corrected chi connectivity index (χ1v) is 9.12. The van der Waals surface area contributed by atoms with Gasteiger partial charge in [-0.15, -0.1) is 0 Å². The third kappa shape index (κ3) is 3.18. The Bertz CT molecular complexity index is 687. The minimum atomic E-state index is -4.55. The molecular formula is C17H21FNO3P. The van der Waals surface area contributed by atoms with Crippen molar-refractivity contribution in [2.75, 3.05) is 11.4 Å². The minimum absolute atomic E-state index is 0.215. The summed E-state index contributed by atoms with van der Waals surface area (Å²) in [6, 6.07) is 14.4. The molecule has 2 rings (SSSR count). The van der Waals surface area contributed by atoms with Crippen molar-refractivity contribution >= 4 is 13.3 Å². The second-order valence-electron chi connectivity index (χ2n) is 5.30.